The van der Waals surface area contributed by atoms with Gasteiger partial charge in [0.15, 0.2) is 0 Å². The van der Waals surface area contributed by atoms with Crippen LogP contribution in [0.4, 0.5) is 0 Å². The average molecular weight is 217 g/mol. The van der Waals surface area contributed by atoms with Crippen molar-refractivity contribution in [3.63, 3.8) is 0 Å². The van der Waals surface area contributed by atoms with Crippen LogP contribution in [0.3, 0.4) is 0 Å². The minimum Gasteiger partial charge on any atom is -0.319 e. The summed E-state index contributed by atoms with van der Waals surface area (Å²) in [4.78, 5) is 0. The molecule has 0 aliphatic heterocycles. The van der Waals surface area contributed by atoms with Crippen molar-refractivity contribution in [3.05, 3.63) is 46.5 Å². The number of benzene rings is 1. The fraction of sp³-hybridized carbons (Fsp3) is 0.467. The number of hydrogen-bond acceptors (Lipinski definition) is 1. The van der Waals surface area contributed by atoms with E-state index in [0.29, 0.717) is 0 Å². The van der Waals surface area contributed by atoms with E-state index in [0.717, 1.165) is 19.4 Å². The quantitative estimate of drug-likeness (QED) is 0.589. The lowest BCUT2D eigenvalue weighted by molar-refractivity contribution is 0.802. The minimum absolute atomic E-state index is 1.06. The average Bonchev–Trinajstić information content (AvgIpc) is 2.16. The van der Waals surface area contributed by atoms with Gasteiger partial charge in [0.1, 0.15) is 0 Å². The molecule has 1 aromatic rings. The second-order valence-electron chi connectivity index (χ2n) is 4.62. The monoisotopic (exact) mass is 217 g/mol. The molecular formula is C15H23N. The molecular weight excluding hydrogens is 194 g/mol. The molecule has 0 bridgehead atoms. The summed E-state index contributed by atoms with van der Waals surface area (Å²) >= 11 is 0. The van der Waals surface area contributed by atoms with Crippen molar-refractivity contribution >= 4 is 0 Å². The van der Waals surface area contributed by atoms with E-state index < -0.39 is 0 Å². The van der Waals surface area contributed by atoms with Gasteiger partial charge in [-0.15, -0.1) is 0 Å². The Kier molecular flexibility index (Phi) is 5.27. The van der Waals surface area contributed by atoms with Crippen molar-refractivity contribution in [3.8, 4) is 0 Å². The molecule has 1 nitrogen and oxygen atoms in total. The predicted molar refractivity (Wildman–Crippen MR) is 71.9 cm³/mol. The molecule has 16 heavy (non-hydrogen) atoms. The number of nitrogens with one attached hydrogen (secondary N) is 1. The molecule has 0 unspecified atom stereocenters. The van der Waals surface area contributed by atoms with Crippen LogP contribution in [0, 0.1) is 13.8 Å². The third-order valence-electron chi connectivity index (χ3n) is 2.65. The third kappa shape index (κ3) is 4.63. The predicted octanol–water partition coefficient (Wildman–Crippen LogP) is 3.40. The Bertz CT molecular complexity index is 343. The van der Waals surface area contributed by atoms with E-state index >= 15 is 0 Å². The zero-order valence-corrected chi connectivity index (χ0v) is 10.9. The van der Waals surface area contributed by atoms with Gasteiger partial charge in [0, 0.05) is 0 Å². The van der Waals surface area contributed by atoms with Gasteiger partial charge in [-0.05, 0) is 52.8 Å². The molecule has 0 radical (unpaired) electrons. The van der Waals surface area contributed by atoms with Gasteiger partial charge in [-0.3, -0.25) is 0 Å². The molecule has 0 saturated carbocycles. The van der Waals surface area contributed by atoms with E-state index in [1.54, 1.807) is 0 Å². The van der Waals surface area contributed by atoms with Gasteiger partial charge in [-0.25, -0.2) is 0 Å². The molecule has 0 aliphatic carbocycles. The van der Waals surface area contributed by atoms with Gasteiger partial charge < -0.3 is 5.32 Å². The van der Waals surface area contributed by atoms with Crippen LogP contribution in [0.1, 0.15) is 30.0 Å². The first kappa shape index (κ1) is 13.0. The molecule has 0 fully saturated rings. The molecule has 0 amide bonds. The lowest BCUT2D eigenvalue weighted by atomic mass is 10.0. The van der Waals surface area contributed by atoms with Gasteiger partial charge in [0.25, 0.3) is 0 Å². The zero-order chi connectivity index (χ0) is 12.0. The molecule has 1 rings (SSSR count). The summed E-state index contributed by atoms with van der Waals surface area (Å²) in [7, 11) is 1.99. The van der Waals surface area contributed by atoms with E-state index in [4.69, 9.17) is 0 Å². The standard InChI is InChI=1S/C15H23N/c1-12(6-5-7-16-4)9-15-10-13(2)8-14(3)11-15/h6,8,10-11,16H,5,7,9H2,1-4H3. The maximum Gasteiger partial charge on any atom is -0.00172 e. The fourth-order valence-electron chi connectivity index (χ4n) is 2.03. The fourth-order valence-corrected chi connectivity index (χ4v) is 2.03. The summed E-state index contributed by atoms with van der Waals surface area (Å²) in [5, 5.41) is 3.16. The first-order valence-corrected chi connectivity index (χ1v) is 5.99. The normalized spacial score (nSPS) is 11.9. The summed E-state index contributed by atoms with van der Waals surface area (Å²) < 4.78 is 0. The van der Waals surface area contributed by atoms with E-state index in [1.165, 1.54) is 22.3 Å². The van der Waals surface area contributed by atoms with Gasteiger partial charge in [-0.2, -0.15) is 0 Å². The molecule has 1 aromatic carbocycles. The van der Waals surface area contributed by atoms with Gasteiger partial charge in [-0.1, -0.05) is 41.0 Å². The highest BCUT2D eigenvalue weighted by atomic mass is 14.8. The molecule has 1 heteroatoms. The van der Waals surface area contributed by atoms with Crippen molar-refractivity contribution in [1.29, 1.82) is 0 Å². The molecule has 0 spiro atoms. The molecule has 88 valence electrons. The lowest BCUT2D eigenvalue weighted by Crippen LogP contribution is -2.06. The highest BCUT2D eigenvalue weighted by molar-refractivity contribution is 5.31. The Morgan fingerprint density at radius 2 is 1.81 bits per heavy atom. The summed E-state index contributed by atoms with van der Waals surface area (Å²) in [5.41, 5.74) is 5.60. The van der Waals surface area contributed by atoms with Crippen LogP contribution in [-0.4, -0.2) is 13.6 Å². The number of allylic oxidation sites excluding steroid dienone is 1. The SMILES string of the molecule is CNCCC=C(C)Cc1cc(C)cc(C)c1. The Hall–Kier alpha value is -1.08. The maximum absolute atomic E-state index is 3.16. The Morgan fingerprint density at radius 1 is 1.19 bits per heavy atom. The van der Waals surface area contributed by atoms with Crippen LogP contribution in [0.15, 0.2) is 29.8 Å². The van der Waals surface area contributed by atoms with E-state index in [1.807, 2.05) is 7.05 Å². The van der Waals surface area contributed by atoms with Crippen LogP contribution in [0.5, 0.6) is 0 Å². The third-order valence-corrected chi connectivity index (χ3v) is 2.65. The van der Waals surface area contributed by atoms with Gasteiger partial charge in [0.2, 0.25) is 0 Å². The molecule has 0 aliphatic rings. The van der Waals surface area contributed by atoms with Gasteiger partial charge >= 0.3 is 0 Å². The highest BCUT2D eigenvalue weighted by Gasteiger charge is 1.97. The Labute approximate surface area is 99.6 Å². The lowest BCUT2D eigenvalue weighted by Gasteiger charge is -2.05. The summed E-state index contributed by atoms with van der Waals surface area (Å²) in [6.07, 6.45) is 4.52. The number of rotatable bonds is 5. The minimum atomic E-state index is 1.06. The summed E-state index contributed by atoms with van der Waals surface area (Å²) in [6, 6.07) is 6.79. The van der Waals surface area contributed by atoms with Crippen LogP contribution in [0.2, 0.25) is 0 Å². The van der Waals surface area contributed by atoms with Crippen LogP contribution >= 0.6 is 0 Å². The van der Waals surface area contributed by atoms with Crippen LogP contribution in [-0.2, 0) is 6.42 Å². The summed E-state index contributed by atoms with van der Waals surface area (Å²) in [5.74, 6) is 0. The molecule has 1 N–H and O–H groups in total. The smallest absolute Gasteiger partial charge is 0.00172 e. The van der Waals surface area contributed by atoms with E-state index in [-0.39, 0.29) is 0 Å². The second kappa shape index (κ2) is 6.49. The summed E-state index contributed by atoms with van der Waals surface area (Å²) in [6.45, 7) is 7.60. The molecule has 0 aromatic heterocycles. The first-order valence-electron chi connectivity index (χ1n) is 5.99. The molecule has 0 saturated heterocycles. The topological polar surface area (TPSA) is 12.0 Å². The number of aryl methyl sites for hydroxylation is 2. The van der Waals surface area contributed by atoms with Crippen molar-refractivity contribution in [1.82, 2.24) is 5.32 Å². The number of hydrogen-bond donors (Lipinski definition) is 1. The molecule has 0 heterocycles. The van der Waals surface area contributed by atoms with E-state index in [2.05, 4.69) is 50.4 Å². The largest absolute Gasteiger partial charge is 0.319 e. The second-order valence-corrected chi connectivity index (χ2v) is 4.62. The zero-order valence-electron chi connectivity index (χ0n) is 10.9. The first-order chi connectivity index (χ1) is 7.61. The molecule has 0 atom stereocenters. The Morgan fingerprint density at radius 3 is 2.38 bits per heavy atom. The highest BCUT2D eigenvalue weighted by Crippen LogP contribution is 2.13. The van der Waals surface area contributed by atoms with Gasteiger partial charge in [0.05, 0.1) is 0 Å². The van der Waals surface area contributed by atoms with Crippen LogP contribution in [0.25, 0.3) is 0 Å². The van der Waals surface area contributed by atoms with E-state index in [9.17, 15) is 0 Å². The van der Waals surface area contributed by atoms with Crippen molar-refractivity contribution < 1.29 is 0 Å². The van der Waals surface area contributed by atoms with Crippen molar-refractivity contribution in [2.75, 3.05) is 13.6 Å². The van der Waals surface area contributed by atoms with Crippen molar-refractivity contribution in [2.24, 2.45) is 0 Å². The maximum atomic E-state index is 3.16. The Balaban J connectivity index is 2.61. The van der Waals surface area contributed by atoms with Crippen LogP contribution < -0.4 is 5.32 Å². The van der Waals surface area contributed by atoms with Crippen molar-refractivity contribution in [2.45, 2.75) is 33.6 Å².